The van der Waals surface area contributed by atoms with E-state index in [1.54, 1.807) is 6.07 Å². The Hall–Kier alpha value is -1.09. The molecule has 1 heterocycles. The smallest absolute Gasteiger partial charge is 0.128 e. The topological polar surface area (TPSA) is 12.0 Å². The number of halogens is 3. The Morgan fingerprint density at radius 3 is 2.44 bits per heavy atom. The maximum Gasteiger partial charge on any atom is 0.128 e. The minimum absolute atomic E-state index is 0.112. The zero-order valence-electron chi connectivity index (χ0n) is 14.8. The van der Waals surface area contributed by atoms with E-state index in [4.69, 9.17) is 23.2 Å². The van der Waals surface area contributed by atoms with Crippen LogP contribution in [-0.2, 0) is 0 Å². The summed E-state index contributed by atoms with van der Waals surface area (Å²) in [5.74, 6) is 0.180. The molecular formula is C21H24Cl2FN. The molecule has 0 aliphatic carbocycles. The van der Waals surface area contributed by atoms with Crippen LogP contribution in [-0.4, -0.2) is 6.54 Å². The molecule has 2 aromatic carbocycles. The highest BCUT2D eigenvalue weighted by Gasteiger charge is 2.40. The highest BCUT2D eigenvalue weighted by atomic mass is 35.5. The van der Waals surface area contributed by atoms with Crippen molar-refractivity contribution in [3.63, 3.8) is 0 Å². The molecule has 0 spiro atoms. The Balaban J connectivity index is 1.98. The summed E-state index contributed by atoms with van der Waals surface area (Å²) in [6, 6.07) is 13.2. The van der Waals surface area contributed by atoms with E-state index < -0.39 is 0 Å². The van der Waals surface area contributed by atoms with Gasteiger partial charge in [-0.05, 0) is 53.1 Å². The van der Waals surface area contributed by atoms with Gasteiger partial charge in [0.05, 0.1) is 0 Å². The van der Waals surface area contributed by atoms with Crippen molar-refractivity contribution in [1.82, 2.24) is 5.32 Å². The van der Waals surface area contributed by atoms with Crippen LogP contribution in [0.25, 0.3) is 0 Å². The molecule has 1 fully saturated rings. The maximum absolute atomic E-state index is 14.6. The highest BCUT2D eigenvalue weighted by Crippen LogP contribution is 2.46. The van der Waals surface area contributed by atoms with E-state index in [-0.39, 0.29) is 29.1 Å². The van der Waals surface area contributed by atoms with Crippen molar-refractivity contribution >= 4 is 23.2 Å². The molecule has 134 valence electrons. The van der Waals surface area contributed by atoms with Gasteiger partial charge in [-0.2, -0.15) is 0 Å². The van der Waals surface area contributed by atoms with Gasteiger partial charge in [-0.3, -0.25) is 0 Å². The molecule has 3 rings (SSSR count). The summed E-state index contributed by atoms with van der Waals surface area (Å²) >= 11 is 12.1. The zero-order chi connectivity index (χ0) is 18.2. The van der Waals surface area contributed by atoms with Gasteiger partial charge in [0.2, 0.25) is 0 Å². The first-order chi connectivity index (χ1) is 11.7. The number of nitrogens with one attached hydrogen (secondary N) is 1. The van der Waals surface area contributed by atoms with Crippen molar-refractivity contribution in [1.29, 1.82) is 0 Å². The lowest BCUT2D eigenvalue weighted by molar-refractivity contribution is 0.259. The normalized spacial score (nSPS) is 23.8. The SMILES string of the molecule is CC(C)(C)C[C@H]1[C@@H](c2cccc(Cl)c2)NC[C@H]1c1ccc(Cl)cc1F. The average molecular weight is 380 g/mol. The first kappa shape index (κ1) is 18.7. The van der Waals surface area contributed by atoms with Crippen LogP contribution in [0.1, 0.15) is 50.3 Å². The predicted molar refractivity (Wildman–Crippen MR) is 104 cm³/mol. The molecule has 0 amide bonds. The summed E-state index contributed by atoms with van der Waals surface area (Å²) in [5, 5.41) is 4.77. The van der Waals surface area contributed by atoms with Gasteiger partial charge in [-0.15, -0.1) is 0 Å². The molecule has 0 radical (unpaired) electrons. The standard InChI is InChI=1S/C21H24Cl2FN/c1-21(2,3)11-17-18(16-8-7-15(23)10-19(16)24)12-25-20(17)13-5-4-6-14(22)9-13/h4-10,17-18,20,25H,11-12H2,1-3H3/t17-,18+,20-/m1/s1. The first-order valence-electron chi connectivity index (χ1n) is 8.68. The van der Waals surface area contributed by atoms with Crippen molar-refractivity contribution in [2.75, 3.05) is 6.54 Å². The fourth-order valence-corrected chi connectivity index (χ4v) is 4.32. The molecule has 4 heteroatoms. The third-order valence-electron chi connectivity index (χ3n) is 4.92. The van der Waals surface area contributed by atoms with Gasteiger partial charge in [-0.1, -0.05) is 62.2 Å². The molecule has 1 aliphatic rings. The van der Waals surface area contributed by atoms with Gasteiger partial charge in [0.15, 0.2) is 0 Å². The molecular weight excluding hydrogens is 356 g/mol. The third-order valence-corrected chi connectivity index (χ3v) is 5.39. The summed E-state index contributed by atoms with van der Waals surface area (Å²) in [6.45, 7) is 7.44. The van der Waals surface area contributed by atoms with Gasteiger partial charge in [-0.25, -0.2) is 4.39 Å². The summed E-state index contributed by atoms with van der Waals surface area (Å²) in [5.41, 5.74) is 2.06. The number of rotatable bonds is 3. The molecule has 0 bridgehead atoms. The van der Waals surface area contributed by atoms with Crippen molar-refractivity contribution in [2.24, 2.45) is 11.3 Å². The van der Waals surface area contributed by atoms with E-state index in [0.29, 0.717) is 5.02 Å². The van der Waals surface area contributed by atoms with E-state index >= 15 is 0 Å². The third kappa shape index (κ3) is 4.36. The predicted octanol–water partition coefficient (Wildman–Crippen LogP) is 6.61. The van der Waals surface area contributed by atoms with Crippen LogP contribution in [0.5, 0.6) is 0 Å². The van der Waals surface area contributed by atoms with Crippen LogP contribution in [0.2, 0.25) is 10.0 Å². The molecule has 1 saturated heterocycles. The minimum atomic E-state index is -0.218. The Morgan fingerprint density at radius 2 is 1.80 bits per heavy atom. The van der Waals surface area contributed by atoms with Gasteiger partial charge in [0.25, 0.3) is 0 Å². The lowest BCUT2D eigenvalue weighted by Gasteiger charge is -2.31. The molecule has 1 aliphatic heterocycles. The summed E-state index contributed by atoms with van der Waals surface area (Å²) in [7, 11) is 0. The van der Waals surface area contributed by atoms with Crippen molar-refractivity contribution in [3.05, 3.63) is 69.5 Å². The minimum Gasteiger partial charge on any atom is -0.309 e. The Bertz CT molecular complexity index is 754. The Morgan fingerprint density at radius 1 is 1.08 bits per heavy atom. The monoisotopic (exact) mass is 379 g/mol. The zero-order valence-corrected chi connectivity index (χ0v) is 16.3. The Kier molecular flexibility index (Phi) is 5.43. The van der Waals surface area contributed by atoms with Gasteiger partial charge in [0, 0.05) is 28.5 Å². The van der Waals surface area contributed by atoms with Crippen molar-refractivity contribution in [3.8, 4) is 0 Å². The lowest BCUT2D eigenvalue weighted by atomic mass is 9.74. The number of benzene rings is 2. The first-order valence-corrected chi connectivity index (χ1v) is 9.44. The van der Waals surface area contributed by atoms with Gasteiger partial charge >= 0.3 is 0 Å². The molecule has 1 N–H and O–H groups in total. The second-order valence-electron chi connectivity index (χ2n) is 8.14. The van der Waals surface area contributed by atoms with E-state index in [9.17, 15) is 4.39 Å². The fourth-order valence-electron chi connectivity index (χ4n) is 3.96. The van der Waals surface area contributed by atoms with Gasteiger partial charge < -0.3 is 5.32 Å². The molecule has 1 nitrogen and oxygen atoms in total. The number of hydrogen-bond acceptors (Lipinski definition) is 1. The van der Waals surface area contributed by atoms with Crippen LogP contribution in [0, 0.1) is 17.2 Å². The Labute approximate surface area is 159 Å². The van der Waals surface area contributed by atoms with Crippen molar-refractivity contribution in [2.45, 2.75) is 39.2 Å². The second-order valence-corrected chi connectivity index (χ2v) is 9.01. The molecule has 0 unspecified atom stereocenters. The van der Waals surface area contributed by atoms with E-state index in [1.165, 1.54) is 11.6 Å². The van der Waals surface area contributed by atoms with E-state index in [1.807, 2.05) is 24.3 Å². The van der Waals surface area contributed by atoms with Crippen LogP contribution < -0.4 is 5.32 Å². The molecule has 25 heavy (non-hydrogen) atoms. The average Bonchev–Trinajstić information content (AvgIpc) is 2.89. The largest absolute Gasteiger partial charge is 0.309 e. The quantitative estimate of drug-likeness (QED) is 0.632. The second kappa shape index (κ2) is 7.26. The van der Waals surface area contributed by atoms with Crippen LogP contribution in [0.4, 0.5) is 4.39 Å². The lowest BCUT2D eigenvalue weighted by Crippen LogP contribution is -2.23. The highest BCUT2D eigenvalue weighted by molar-refractivity contribution is 6.30. The molecule has 2 aromatic rings. The van der Waals surface area contributed by atoms with Gasteiger partial charge in [0.1, 0.15) is 5.82 Å². The van der Waals surface area contributed by atoms with Crippen LogP contribution in [0.3, 0.4) is 0 Å². The van der Waals surface area contributed by atoms with Crippen LogP contribution >= 0.6 is 23.2 Å². The molecule has 3 atom stereocenters. The van der Waals surface area contributed by atoms with E-state index in [2.05, 4.69) is 32.2 Å². The molecule has 0 saturated carbocycles. The summed E-state index contributed by atoms with van der Waals surface area (Å²) in [4.78, 5) is 0. The number of hydrogen-bond donors (Lipinski definition) is 1. The molecule has 0 aromatic heterocycles. The fraction of sp³-hybridized carbons (Fsp3) is 0.429. The van der Waals surface area contributed by atoms with Crippen molar-refractivity contribution < 1.29 is 4.39 Å². The maximum atomic E-state index is 14.6. The van der Waals surface area contributed by atoms with Crippen LogP contribution in [0.15, 0.2) is 42.5 Å². The van der Waals surface area contributed by atoms with E-state index in [0.717, 1.165) is 23.6 Å². The summed E-state index contributed by atoms with van der Waals surface area (Å²) < 4.78 is 14.6. The summed E-state index contributed by atoms with van der Waals surface area (Å²) in [6.07, 6.45) is 0.990.